The molecule has 144 valence electrons. The van der Waals surface area contributed by atoms with Gasteiger partial charge in [0.2, 0.25) is 11.9 Å². The lowest BCUT2D eigenvalue weighted by Crippen LogP contribution is -2.49. The zero-order valence-electron chi connectivity index (χ0n) is 13.8. The fraction of sp³-hybridized carbons (Fsp3) is 0.467. The van der Waals surface area contributed by atoms with Gasteiger partial charge >= 0.3 is 0 Å². The number of alkyl halides is 4. The number of nitrogen functional groups attached to an aromatic ring is 2. The van der Waals surface area contributed by atoms with Gasteiger partial charge in [0.1, 0.15) is 5.82 Å². The third-order valence-electron chi connectivity index (χ3n) is 4.64. The normalized spacial score (nSPS) is 27.4. The van der Waals surface area contributed by atoms with E-state index in [1.165, 1.54) is 4.90 Å². The number of halogens is 4. The van der Waals surface area contributed by atoms with E-state index >= 15 is 0 Å². The predicted molar refractivity (Wildman–Crippen MR) is 87.5 cm³/mol. The van der Waals surface area contributed by atoms with Crippen molar-refractivity contribution < 1.29 is 22.3 Å². The van der Waals surface area contributed by atoms with Gasteiger partial charge in [0, 0.05) is 17.3 Å². The van der Waals surface area contributed by atoms with Crippen LogP contribution in [0.25, 0.3) is 11.4 Å². The molecular formula is C15H15F4N7O. The van der Waals surface area contributed by atoms with Crippen molar-refractivity contribution in [3.05, 3.63) is 17.8 Å². The van der Waals surface area contributed by atoms with Crippen LogP contribution in [0.5, 0.6) is 0 Å². The summed E-state index contributed by atoms with van der Waals surface area (Å²) in [5.74, 6) is -0.653. The number of pyridine rings is 1. The van der Waals surface area contributed by atoms with E-state index in [-0.39, 0.29) is 42.3 Å². The SMILES string of the molecule is Nc1cc(C(F)F)c(-c2nc(N)nc(N3C4COCC3C(F)C4F)n2)cn1. The van der Waals surface area contributed by atoms with Crippen LogP contribution in [0, 0.1) is 0 Å². The molecule has 8 nitrogen and oxygen atoms in total. The summed E-state index contributed by atoms with van der Waals surface area (Å²) in [4.78, 5) is 17.1. The second-order valence-electron chi connectivity index (χ2n) is 6.28. The minimum atomic E-state index is -2.86. The summed E-state index contributed by atoms with van der Waals surface area (Å²) in [5.41, 5.74) is 10.6. The van der Waals surface area contributed by atoms with Gasteiger partial charge in [-0.3, -0.25) is 0 Å². The summed E-state index contributed by atoms with van der Waals surface area (Å²) in [6, 6.07) is -0.868. The Morgan fingerprint density at radius 1 is 1.07 bits per heavy atom. The maximum Gasteiger partial charge on any atom is 0.264 e. The van der Waals surface area contributed by atoms with E-state index in [2.05, 4.69) is 19.9 Å². The number of aromatic nitrogens is 4. The van der Waals surface area contributed by atoms with Gasteiger partial charge in [-0.05, 0) is 6.07 Å². The molecule has 0 spiro atoms. The molecule has 0 aromatic carbocycles. The van der Waals surface area contributed by atoms with Gasteiger partial charge in [-0.25, -0.2) is 22.5 Å². The highest BCUT2D eigenvalue weighted by atomic mass is 19.3. The van der Waals surface area contributed by atoms with Gasteiger partial charge in [-0.1, -0.05) is 0 Å². The monoisotopic (exact) mass is 385 g/mol. The van der Waals surface area contributed by atoms with Crippen molar-refractivity contribution in [1.82, 2.24) is 19.9 Å². The van der Waals surface area contributed by atoms with E-state index in [1.54, 1.807) is 0 Å². The molecule has 27 heavy (non-hydrogen) atoms. The van der Waals surface area contributed by atoms with Crippen LogP contribution in [0.4, 0.5) is 35.3 Å². The molecular weight excluding hydrogens is 370 g/mol. The van der Waals surface area contributed by atoms with Crippen molar-refractivity contribution >= 4 is 17.7 Å². The van der Waals surface area contributed by atoms with Crippen molar-refractivity contribution in [3.8, 4) is 11.4 Å². The first kappa shape index (κ1) is 17.6. The fourth-order valence-electron chi connectivity index (χ4n) is 3.40. The van der Waals surface area contributed by atoms with Gasteiger partial charge in [0.25, 0.3) is 6.43 Å². The molecule has 12 heteroatoms. The van der Waals surface area contributed by atoms with Crippen LogP contribution in [0.1, 0.15) is 12.0 Å². The summed E-state index contributed by atoms with van der Waals surface area (Å²) in [7, 11) is 0. The van der Waals surface area contributed by atoms with E-state index in [4.69, 9.17) is 16.2 Å². The third kappa shape index (κ3) is 2.89. The lowest BCUT2D eigenvalue weighted by Gasteiger charge is -2.34. The number of fused-ring (bicyclic) bond motifs is 2. The van der Waals surface area contributed by atoms with Crippen LogP contribution in [0.2, 0.25) is 0 Å². The number of nitrogens with two attached hydrogens (primary N) is 2. The van der Waals surface area contributed by atoms with Crippen molar-refractivity contribution in [2.24, 2.45) is 0 Å². The van der Waals surface area contributed by atoms with Crippen molar-refractivity contribution in [3.63, 3.8) is 0 Å². The molecule has 2 bridgehead atoms. The number of hydrogen-bond acceptors (Lipinski definition) is 8. The van der Waals surface area contributed by atoms with Gasteiger partial charge in [-0.15, -0.1) is 0 Å². The van der Waals surface area contributed by atoms with Crippen molar-refractivity contribution in [2.45, 2.75) is 30.9 Å². The highest BCUT2D eigenvalue weighted by molar-refractivity contribution is 5.64. The number of anilines is 3. The maximum atomic E-state index is 14.2. The molecule has 4 atom stereocenters. The summed E-state index contributed by atoms with van der Waals surface area (Å²) in [6.45, 7) is -0.102. The van der Waals surface area contributed by atoms with E-state index < -0.39 is 36.4 Å². The maximum absolute atomic E-state index is 14.2. The molecule has 4 heterocycles. The van der Waals surface area contributed by atoms with E-state index in [0.717, 1.165) is 12.3 Å². The molecule has 2 fully saturated rings. The Morgan fingerprint density at radius 3 is 2.37 bits per heavy atom. The molecule has 0 saturated carbocycles. The van der Waals surface area contributed by atoms with Gasteiger partial charge in [0.15, 0.2) is 18.2 Å². The Hall–Kier alpha value is -2.76. The molecule has 2 aliphatic heterocycles. The molecule has 4 rings (SSSR count). The summed E-state index contributed by atoms with van der Waals surface area (Å²) in [5, 5.41) is 0. The standard InChI is InChI=1S/C15H15F4N7O/c16-10-7-3-27-4-8(11(10)17)26(7)15-24-13(23-14(21)25-15)6-2-22-9(20)1-5(6)12(18)19/h1-2,7-8,10-12H,3-4H2,(H2,20,22)(H2,21,23,24,25). The highest BCUT2D eigenvalue weighted by Gasteiger charge is 2.54. The first-order valence-electron chi connectivity index (χ1n) is 8.06. The molecule has 0 radical (unpaired) electrons. The number of morpholine rings is 1. The van der Waals surface area contributed by atoms with Gasteiger partial charge in [-0.2, -0.15) is 15.0 Å². The van der Waals surface area contributed by atoms with Crippen molar-refractivity contribution in [1.29, 1.82) is 0 Å². The lowest BCUT2D eigenvalue weighted by molar-refractivity contribution is 0.0798. The van der Waals surface area contributed by atoms with E-state index in [0.29, 0.717) is 0 Å². The number of rotatable bonds is 3. The van der Waals surface area contributed by atoms with Crippen LogP contribution in [0.15, 0.2) is 12.3 Å². The Labute approximate surface area is 150 Å². The molecule has 2 aromatic heterocycles. The minimum absolute atomic E-state index is 0.0509. The minimum Gasteiger partial charge on any atom is -0.384 e. The lowest BCUT2D eigenvalue weighted by atomic mass is 10.1. The molecule has 2 aliphatic rings. The first-order chi connectivity index (χ1) is 12.9. The van der Waals surface area contributed by atoms with Crippen LogP contribution in [-0.4, -0.2) is 57.6 Å². The highest BCUT2D eigenvalue weighted by Crippen LogP contribution is 2.37. The number of hydrogen-bond donors (Lipinski definition) is 2. The number of ether oxygens (including phenoxy) is 1. The van der Waals surface area contributed by atoms with E-state index in [1.807, 2.05) is 0 Å². The second kappa shape index (κ2) is 6.44. The third-order valence-corrected chi connectivity index (χ3v) is 4.64. The molecule has 4 unspecified atom stereocenters. The summed E-state index contributed by atoms with van der Waals surface area (Å²) >= 11 is 0. The predicted octanol–water partition coefficient (Wildman–Crippen LogP) is 1.30. The quantitative estimate of drug-likeness (QED) is 0.760. The Kier molecular flexibility index (Phi) is 4.21. The zero-order chi connectivity index (χ0) is 19.3. The number of nitrogens with zero attached hydrogens (tertiary/aromatic N) is 5. The average molecular weight is 385 g/mol. The van der Waals surface area contributed by atoms with Crippen LogP contribution in [-0.2, 0) is 4.74 Å². The van der Waals surface area contributed by atoms with Crippen molar-refractivity contribution in [2.75, 3.05) is 29.6 Å². The van der Waals surface area contributed by atoms with Crippen LogP contribution < -0.4 is 16.4 Å². The first-order valence-corrected chi connectivity index (χ1v) is 8.06. The average Bonchev–Trinajstić information content (AvgIpc) is 2.78. The molecule has 2 aromatic rings. The van der Waals surface area contributed by atoms with E-state index in [9.17, 15) is 17.6 Å². The van der Waals surface area contributed by atoms with Gasteiger partial charge < -0.3 is 21.1 Å². The summed E-state index contributed by atoms with van der Waals surface area (Å²) < 4.78 is 60.4. The molecule has 2 saturated heterocycles. The fourth-order valence-corrected chi connectivity index (χ4v) is 3.40. The molecule has 0 aliphatic carbocycles. The van der Waals surface area contributed by atoms with Crippen LogP contribution in [0.3, 0.4) is 0 Å². The molecule has 0 amide bonds. The second-order valence-corrected chi connectivity index (χ2v) is 6.28. The Bertz CT molecular complexity index is 854. The summed E-state index contributed by atoms with van der Waals surface area (Å²) in [6.07, 6.45) is -5.33. The Balaban J connectivity index is 1.80. The smallest absolute Gasteiger partial charge is 0.264 e. The zero-order valence-corrected chi connectivity index (χ0v) is 13.8. The largest absolute Gasteiger partial charge is 0.384 e. The Morgan fingerprint density at radius 2 is 1.74 bits per heavy atom. The topological polar surface area (TPSA) is 116 Å². The molecule has 4 N–H and O–H groups in total. The van der Waals surface area contributed by atoms with Gasteiger partial charge in [0.05, 0.1) is 25.3 Å². The van der Waals surface area contributed by atoms with Crippen LogP contribution >= 0.6 is 0 Å².